The molecule has 1 aromatic heterocycles. The van der Waals surface area contributed by atoms with Gasteiger partial charge < -0.3 is 14.6 Å². The van der Waals surface area contributed by atoms with E-state index in [2.05, 4.69) is 29.5 Å². The molecule has 0 aliphatic carbocycles. The molecule has 0 spiro atoms. The van der Waals surface area contributed by atoms with Gasteiger partial charge in [0.15, 0.2) is 0 Å². The molecule has 0 atom stereocenters. The van der Waals surface area contributed by atoms with Crippen molar-refractivity contribution in [3.8, 4) is 5.75 Å². The number of hydrogen-bond donors (Lipinski definition) is 1. The zero-order valence-corrected chi connectivity index (χ0v) is 11.5. The molecule has 102 valence electrons. The Kier molecular flexibility index (Phi) is 4.98. The fraction of sp³-hybridized carbons (Fsp3) is 0.400. The summed E-state index contributed by atoms with van der Waals surface area (Å²) in [5.74, 6) is 1.65. The number of benzene rings is 1. The van der Waals surface area contributed by atoms with E-state index in [0.717, 1.165) is 36.7 Å². The number of aromatic nitrogens is 1. The summed E-state index contributed by atoms with van der Waals surface area (Å²) < 4.78 is 10.6. The first-order valence-corrected chi connectivity index (χ1v) is 6.62. The molecule has 0 fully saturated rings. The van der Waals surface area contributed by atoms with E-state index in [0.29, 0.717) is 6.61 Å². The lowest BCUT2D eigenvalue weighted by molar-refractivity contribution is 0.288. The summed E-state index contributed by atoms with van der Waals surface area (Å²) in [6.45, 7) is 6.41. The van der Waals surface area contributed by atoms with Crippen LogP contribution in [0.25, 0.3) is 0 Å². The fourth-order valence-electron chi connectivity index (χ4n) is 1.76. The van der Waals surface area contributed by atoms with Crippen molar-refractivity contribution in [1.82, 2.24) is 10.5 Å². The highest BCUT2D eigenvalue weighted by Gasteiger charge is 2.01. The zero-order valence-electron chi connectivity index (χ0n) is 11.5. The molecule has 0 saturated heterocycles. The smallest absolute Gasteiger partial charge is 0.134 e. The van der Waals surface area contributed by atoms with Crippen LogP contribution in [0.1, 0.15) is 30.4 Å². The third-order valence-corrected chi connectivity index (χ3v) is 2.74. The Morgan fingerprint density at radius 3 is 2.68 bits per heavy atom. The molecule has 19 heavy (non-hydrogen) atoms. The van der Waals surface area contributed by atoms with Crippen molar-refractivity contribution in [1.29, 1.82) is 0 Å². The number of hydrogen-bond acceptors (Lipinski definition) is 4. The molecule has 0 saturated carbocycles. The first kappa shape index (κ1) is 13.6. The van der Waals surface area contributed by atoms with Gasteiger partial charge in [0.1, 0.15) is 23.8 Å². The molecule has 4 nitrogen and oxygen atoms in total. The van der Waals surface area contributed by atoms with Gasteiger partial charge in [0.2, 0.25) is 0 Å². The van der Waals surface area contributed by atoms with Crippen LogP contribution < -0.4 is 10.1 Å². The number of rotatable bonds is 7. The van der Waals surface area contributed by atoms with Crippen LogP contribution >= 0.6 is 0 Å². The van der Waals surface area contributed by atoms with Crippen molar-refractivity contribution >= 4 is 0 Å². The molecule has 0 aliphatic rings. The largest absolute Gasteiger partial charge is 0.487 e. The SMILES string of the molecule is CCCNCc1ccc(OCc2cc(C)on2)cc1. The van der Waals surface area contributed by atoms with E-state index < -0.39 is 0 Å². The van der Waals surface area contributed by atoms with E-state index >= 15 is 0 Å². The van der Waals surface area contributed by atoms with Crippen LogP contribution in [0.3, 0.4) is 0 Å². The highest BCUT2D eigenvalue weighted by atomic mass is 16.5. The molecule has 0 radical (unpaired) electrons. The first-order chi connectivity index (χ1) is 9.28. The van der Waals surface area contributed by atoms with Crippen molar-refractivity contribution in [3.63, 3.8) is 0 Å². The monoisotopic (exact) mass is 260 g/mol. The Labute approximate surface area is 113 Å². The Morgan fingerprint density at radius 2 is 2.05 bits per heavy atom. The lowest BCUT2D eigenvalue weighted by atomic mass is 10.2. The van der Waals surface area contributed by atoms with E-state index in [1.165, 1.54) is 5.56 Å². The summed E-state index contributed by atoms with van der Waals surface area (Å²) in [6, 6.07) is 9.99. The van der Waals surface area contributed by atoms with Gasteiger partial charge in [-0.15, -0.1) is 0 Å². The second kappa shape index (κ2) is 6.95. The quantitative estimate of drug-likeness (QED) is 0.777. The normalized spacial score (nSPS) is 10.6. The van der Waals surface area contributed by atoms with Gasteiger partial charge >= 0.3 is 0 Å². The minimum absolute atomic E-state index is 0.435. The molecule has 0 bridgehead atoms. The summed E-state index contributed by atoms with van der Waals surface area (Å²) in [7, 11) is 0. The van der Waals surface area contributed by atoms with Gasteiger partial charge in [-0.25, -0.2) is 0 Å². The average molecular weight is 260 g/mol. The topological polar surface area (TPSA) is 47.3 Å². The van der Waals surface area contributed by atoms with E-state index in [1.54, 1.807) is 0 Å². The summed E-state index contributed by atoms with van der Waals surface area (Å²) in [4.78, 5) is 0. The van der Waals surface area contributed by atoms with Gasteiger partial charge in [-0.3, -0.25) is 0 Å². The Bertz CT molecular complexity index is 491. The molecule has 2 rings (SSSR count). The molecule has 2 aromatic rings. The summed E-state index contributed by atoms with van der Waals surface area (Å²) >= 11 is 0. The number of ether oxygens (including phenoxy) is 1. The highest BCUT2D eigenvalue weighted by molar-refractivity contribution is 5.27. The van der Waals surface area contributed by atoms with Crippen LogP contribution in [0.15, 0.2) is 34.9 Å². The number of nitrogens with zero attached hydrogens (tertiary/aromatic N) is 1. The zero-order chi connectivity index (χ0) is 13.5. The summed E-state index contributed by atoms with van der Waals surface area (Å²) in [5, 5.41) is 7.26. The van der Waals surface area contributed by atoms with E-state index in [1.807, 2.05) is 25.1 Å². The molecule has 1 aromatic carbocycles. The molecule has 1 N–H and O–H groups in total. The number of aryl methyl sites for hydroxylation is 1. The maximum Gasteiger partial charge on any atom is 0.134 e. The second-order valence-electron chi connectivity index (χ2n) is 4.54. The highest BCUT2D eigenvalue weighted by Crippen LogP contribution is 2.14. The van der Waals surface area contributed by atoms with Gasteiger partial charge in [-0.2, -0.15) is 0 Å². The maximum atomic E-state index is 5.64. The molecule has 0 unspecified atom stereocenters. The van der Waals surface area contributed by atoms with E-state index in [9.17, 15) is 0 Å². The summed E-state index contributed by atoms with van der Waals surface area (Å²) in [5.41, 5.74) is 2.07. The molecular weight excluding hydrogens is 240 g/mol. The van der Waals surface area contributed by atoms with Crippen molar-refractivity contribution in [3.05, 3.63) is 47.3 Å². The minimum atomic E-state index is 0.435. The number of nitrogens with one attached hydrogen (secondary N) is 1. The van der Waals surface area contributed by atoms with E-state index in [-0.39, 0.29) is 0 Å². The molecule has 1 heterocycles. The van der Waals surface area contributed by atoms with Crippen LogP contribution in [0.4, 0.5) is 0 Å². The third-order valence-electron chi connectivity index (χ3n) is 2.74. The Balaban J connectivity index is 1.81. The predicted molar refractivity (Wildman–Crippen MR) is 74.0 cm³/mol. The molecular formula is C15H20N2O2. The second-order valence-corrected chi connectivity index (χ2v) is 4.54. The van der Waals surface area contributed by atoms with Gasteiger partial charge in [0, 0.05) is 12.6 Å². The van der Waals surface area contributed by atoms with Crippen LogP contribution in [0, 0.1) is 6.92 Å². The maximum absolute atomic E-state index is 5.64. The fourth-order valence-corrected chi connectivity index (χ4v) is 1.76. The first-order valence-electron chi connectivity index (χ1n) is 6.62. The molecule has 0 amide bonds. The predicted octanol–water partition coefficient (Wildman–Crippen LogP) is 3.06. The van der Waals surface area contributed by atoms with Crippen LogP contribution in [-0.4, -0.2) is 11.7 Å². The molecule has 0 aliphatic heterocycles. The van der Waals surface area contributed by atoms with Gasteiger partial charge in [0.25, 0.3) is 0 Å². The summed E-state index contributed by atoms with van der Waals surface area (Å²) in [6.07, 6.45) is 1.15. The minimum Gasteiger partial charge on any atom is -0.487 e. The van der Waals surface area contributed by atoms with E-state index in [4.69, 9.17) is 9.26 Å². The average Bonchev–Trinajstić information content (AvgIpc) is 2.84. The van der Waals surface area contributed by atoms with Crippen LogP contribution in [-0.2, 0) is 13.2 Å². The van der Waals surface area contributed by atoms with Crippen molar-refractivity contribution in [2.24, 2.45) is 0 Å². The van der Waals surface area contributed by atoms with Crippen molar-refractivity contribution in [2.75, 3.05) is 6.54 Å². The van der Waals surface area contributed by atoms with Crippen molar-refractivity contribution < 1.29 is 9.26 Å². The Morgan fingerprint density at radius 1 is 1.26 bits per heavy atom. The van der Waals surface area contributed by atoms with Gasteiger partial charge in [0.05, 0.1) is 0 Å². The van der Waals surface area contributed by atoms with Crippen LogP contribution in [0.2, 0.25) is 0 Å². The third kappa shape index (κ3) is 4.41. The standard InChI is InChI=1S/C15H20N2O2/c1-3-8-16-10-13-4-6-15(7-5-13)18-11-14-9-12(2)19-17-14/h4-7,9,16H,3,8,10-11H2,1-2H3. The van der Waals surface area contributed by atoms with Crippen molar-refractivity contribution in [2.45, 2.75) is 33.4 Å². The lowest BCUT2D eigenvalue weighted by Crippen LogP contribution is -2.13. The van der Waals surface area contributed by atoms with Crippen LogP contribution in [0.5, 0.6) is 5.75 Å². The van der Waals surface area contributed by atoms with Gasteiger partial charge in [-0.05, 0) is 37.6 Å². The van der Waals surface area contributed by atoms with Gasteiger partial charge in [-0.1, -0.05) is 24.2 Å². The molecule has 4 heteroatoms. The Hall–Kier alpha value is -1.81. The lowest BCUT2D eigenvalue weighted by Gasteiger charge is -2.06.